The predicted molar refractivity (Wildman–Crippen MR) is 151 cm³/mol. The molecule has 16 heteroatoms. The molecule has 0 bridgehead atoms. The second-order valence-electron chi connectivity index (χ2n) is 12.0. The molecule has 0 amide bonds. The normalized spacial score (nSPS) is 51.3. The topological polar surface area (TPSA) is 192 Å². The van der Waals surface area contributed by atoms with E-state index in [2.05, 4.69) is 0 Å². The second-order valence-corrected chi connectivity index (χ2v) is 12.0. The molecule has 4 fully saturated rings. The van der Waals surface area contributed by atoms with Crippen LogP contribution in [0.1, 0.15) is 34.1 Å². The molecule has 0 unspecified atom stereocenters. The lowest BCUT2D eigenvalue weighted by molar-refractivity contribution is -0.384. The molecule has 0 saturated carbocycles. The van der Waals surface area contributed by atoms with Gasteiger partial charge in [-0.05, 0) is 27.7 Å². The summed E-state index contributed by atoms with van der Waals surface area (Å²) in [7, 11) is 7.24. The zero-order valence-corrected chi connectivity index (χ0v) is 27.4. The molecule has 4 aliphatic rings. The second kappa shape index (κ2) is 16.2. The van der Waals surface area contributed by atoms with Gasteiger partial charge in [-0.25, -0.2) is 0 Å². The molecule has 19 atom stereocenters. The van der Waals surface area contributed by atoms with E-state index in [0.29, 0.717) is 0 Å². The molecule has 0 aromatic heterocycles. The fraction of sp³-hybridized carbons (Fsp3) is 1.00. The van der Waals surface area contributed by atoms with Crippen LogP contribution in [-0.4, -0.2) is 173 Å². The molecule has 264 valence electrons. The Morgan fingerprint density at radius 3 is 1.36 bits per heavy atom. The molecule has 4 aliphatic heterocycles. The summed E-state index contributed by atoms with van der Waals surface area (Å²) in [6.45, 7) is 6.81. The highest BCUT2D eigenvalue weighted by atomic mass is 16.8. The summed E-state index contributed by atoms with van der Waals surface area (Å²) in [4.78, 5) is 0. The monoisotopic (exact) mass is 656 g/mol. The van der Waals surface area contributed by atoms with Crippen LogP contribution in [0.4, 0.5) is 0 Å². The van der Waals surface area contributed by atoms with Crippen molar-refractivity contribution < 1.29 is 77.3 Å². The fourth-order valence-electron chi connectivity index (χ4n) is 6.66. The minimum Gasteiger partial charge on any atom is -0.390 e. The van der Waals surface area contributed by atoms with E-state index >= 15 is 0 Å². The predicted octanol–water partition coefficient (Wildman–Crippen LogP) is -1.34. The van der Waals surface area contributed by atoms with Gasteiger partial charge in [0, 0.05) is 42.0 Å². The molecular formula is C29H52O16. The maximum absolute atomic E-state index is 11.3. The van der Waals surface area contributed by atoms with Crippen molar-refractivity contribution in [3.8, 4) is 0 Å². The first kappa shape index (κ1) is 37.2. The molecular weight excluding hydrogens is 604 g/mol. The molecule has 0 spiro atoms. The van der Waals surface area contributed by atoms with E-state index in [-0.39, 0.29) is 6.42 Å². The largest absolute Gasteiger partial charge is 0.390 e. The standard InChI is InChI=1S/C29H52O16/c1-11-17(31)21(43-16-10-15(30)19(34-5)13(3)39-16)25(37-8)28(41-11)44-22-18(32)12(2)42-29(26(22)38-9)45-23-20(35-6)14(4)40-27(33)24(23)36-7/h11-33H,10H2,1-9H3/t11-,12-,13+,14-,15+,16+,17+,18-,19+,20-,21+,22+,23+,24+,25-,26+,27+,28-,29-/m0/s1. The molecule has 4 rings (SSSR count). The summed E-state index contributed by atoms with van der Waals surface area (Å²) in [6, 6.07) is 0. The van der Waals surface area contributed by atoms with E-state index in [1.165, 1.54) is 35.5 Å². The highest BCUT2D eigenvalue weighted by Gasteiger charge is 2.54. The van der Waals surface area contributed by atoms with Gasteiger partial charge in [0.15, 0.2) is 25.2 Å². The maximum atomic E-state index is 11.3. The number of aliphatic hydroxyl groups excluding tert-OH is 4. The van der Waals surface area contributed by atoms with Gasteiger partial charge in [0.25, 0.3) is 0 Å². The van der Waals surface area contributed by atoms with Gasteiger partial charge in [0.1, 0.15) is 61.0 Å². The Kier molecular flexibility index (Phi) is 13.4. The third-order valence-electron chi connectivity index (χ3n) is 9.16. The third kappa shape index (κ3) is 7.83. The molecule has 16 nitrogen and oxygen atoms in total. The average molecular weight is 657 g/mol. The summed E-state index contributed by atoms with van der Waals surface area (Å²) in [5.41, 5.74) is 0. The summed E-state index contributed by atoms with van der Waals surface area (Å²) in [5, 5.41) is 43.4. The first-order chi connectivity index (χ1) is 21.4. The SMILES string of the molecule is CO[C@@H]1[C@H](O[C@@H]2[C@@H](O)[C@H](C)O[C@@H](O[C@@H]3[C@@H](OC)[C@H](C)O[C@@H](O)[C@@H]3OC)[C@@H]2OC)O[C@@H](C)[C@@H](O)[C@H]1O[C@@H]1C[C@@H](O)[C@H](OC)[C@@H](C)O1. The van der Waals surface area contributed by atoms with Crippen LogP contribution in [-0.2, 0) is 56.8 Å². The number of rotatable bonds is 11. The molecule has 0 aliphatic carbocycles. The van der Waals surface area contributed by atoms with E-state index in [1.807, 2.05) is 0 Å². The van der Waals surface area contributed by atoms with Crippen LogP contribution in [0.5, 0.6) is 0 Å². The number of hydrogen-bond donors (Lipinski definition) is 4. The van der Waals surface area contributed by atoms with Crippen molar-refractivity contribution in [2.24, 2.45) is 0 Å². The van der Waals surface area contributed by atoms with Crippen LogP contribution in [0.3, 0.4) is 0 Å². The third-order valence-corrected chi connectivity index (χ3v) is 9.16. The van der Waals surface area contributed by atoms with Crippen LogP contribution in [0.25, 0.3) is 0 Å². The maximum Gasteiger partial charge on any atom is 0.187 e. The van der Waals surface area contributed by atoms with E-state index in [0.717, 1.165) is 0 Å². The van der Waals surface area contributed by atoms with Crippen LogP contribution < -0.4 is 0 Å². The molecule has 0 aromatic rings. The van der Waals surface area contributed by atoms with Gasteiger partial charge in [0.2, 0.25) is 0 Å². The van der Waals surface area contributed by atoms with Gasteiger partial charge in [0.05, 0.1) is 30.5 Å². The van der Waals surface area contributed by atoms with Gasteiger partial charge < -0.3 is 77.3 Å². The first-order valence-electron chi connectivity index (χ1n) is 15.3. The Morgan fingerprint density at radius 1 is 0.444 bits per heavy atom. The van der Waals surface area contributed by atoms with Gasteiger partial charge >= 0.3 is 0 Å². The van der Waals surface area contributed by atoms with Crippen LogP contribution in [0.15, 0.2) is 0 Å². The molecule has 0 aromatic carbocycles. The van der Waals surface area contributed by atoms with E-state index in [4.69, 9.17) is 56.8 Å². The highest BCUT2D eigenvalue weighted by molar-refractivity contribution is 4.97. The van der Waals surface area contributed by atoms with Crippen molar-refractivity contribution in [1.82, 2.24) is 0 Å². The number of aliphatic hydroxyl groups is 4. The fourth-order valence-corrected chi connectivity index (χ4v) is 6.66. The van der Waals surface area contributed by atoms with Crippen molar-refractivity contribution in [3.63, 3.8) is 0 Å². The van der Waals surface area contributed by atoms with Crippen molar-refractivity contribution in [2.75, 3.05) is 35.5 Å². The Morgan fingerprint density at radius 2 is 0.889 bits per heavy atom. The zero-order valence-electron chi connectivity index (χ0n) is 27.4. The zero-order chi connectivity index (χ0) is 33.2. The number of ether oxygens (including phenoxy) is 12. The van der Waals surface area contributed by atoms with E-state index in [9.17, 15) is 20.4 Å². The van der Waals surface area contributed by atoms with Crippen molar-refractivity contribution >= 4 is 0 Å². The van der Waals surface area contributed by atoms with E-state index < -0.39 is 117 Å². The smallest absolute Gasteiger partial charge is 0.187 e. The average Bonchev–Trinajstić information content (AvgIpc) is 2.98. The van der Waals surface area contributed by atoms with Gasteiger partial charge in [-0.3, -0.25) is 0 Å². The van der Waals surface area contributed by atoms with Crippen LogP contribution in [0, 0.1) is 0 Å². The molecule has 4 N–H and O–H groups in total. The summed E-state index contributed by atoms with van der Waals surface area (Å²) >= 11 is 0. The van der Waals surface area contributed by atoms with E-state index in [1.54, 1.807) is 27.7 Å². The Bertz CT molecular complexity index is 872. The summed E-state index contributed by atoms with van der Waals surface area (Å²) in [6.07, 6.45) is -17.1. The summed E-state index contributed by atoms with van der Waals surface area (Å²) < 4.78 is 70.4. The molecule has 0 radical (unpaired) electrons. The quantitative estimate of drug-likeness (QED) is 0.204. The number of hydrogen-bond acceptors (Lipinski definition) is 16. The lowest BCUT2D eigenvalue weighted by Crippen LogP contribution is -2.66. The van der Waals surface area contributed by atoms with Crippen molar-refractivity contribution in [2.45, 2.75) is 151 Å². The Labute approximate surface area is 263 Å². The highest BCUT2D eigenvalue weighted by Crippen LogP contribution is 2.36. The van der Waals surface area contributed by atoms with Gasteiger partial charge in [-0.15, -0.1) is 0 Å². The Balaban J connectivity index is 1.54. The van der Waals surface area contributed by atoms with Crippen LogP contribution in [0.2, 0.25) is 0 Å². The minimum absolute atomic E-state index is 0.106. The van der Waals surface area contributed by atoms with Gasteiger partial charge in [-0.2, -0.15) is 0 Å². The lowest BCUT2D eigenvalue weighted by atomic mass is 9.96. The number of methoxy groups -OCH3 is 5. The Hall–Kier alpha value is -0.640. The summed E-state index contributed by atoms with van der Waals surface area (Å²) in [5.74, 6) is 0. The van der Waals surface area contributed by atoms with Crippen LogP contribution >= 0.6 is 0 Å². The minimum atomic E-state index is -1.29. The van der Waals surface area contributed by atoms with Crippen molar-refractivity contribution in [3.05, 3.63) is 0 Å². The molecule has 45 heavy (non-hydrogen) atoms. The van der Waals surface area contributed by atoms with Crippen molar-refractivity contribution in [1.29, 1.82) is 0 Å². The molecule has 4 saturated heterocycles. The molecule has 4 heterocycles. The lowest BCUT2D eigenvalue weighted by Gasteiger charge is -2.50. The van der Waals surface area contributed by atoms with Gasteiger partial charge in [-0.1, -0.05) is 0 Å². The first-order valence-corrected chi connectivity index (χ1v) is 15.3.